The van der Waals surface area contributed by atoms with Crippen LogP contribution in [0.5, 0.6) is 0 Å². The molecule has 0 unspecified atom stereocenters. The van der Waals surface area contributed by atoms with Crippen LogP contribution in [0.25, 0.3) is 32.5 Å². The number of thiazole rings is 2. The summed E-state index contributed by atoms with van der Waals surface area (Å²) in [6.45, 7) is 2.15. The second-order valence-electron chi connectivity index (χ2n) is 5.63. The first-order valence-corrected chi connectivity index (χ1v) is 9.75. The van der Waals surface area contributed by atoms with E-state index in [0.717, 1.165) is 39.0 Å². The molecule has 2 heterocycles. The monoisotopic (exact) mass is 366 g/mol. The largest absolute Gasteiger partial charge is 0.233 e. The number of benzene rings is 2. The van der Waals surface area contributed by atoms with E-state index in [9.17, 15) is 4.39 Å². The van der Waals surface area contributed by atoms with Gasteiger partial charge in [-0.2, -0.15) is 0 Å². The number of nitrogens with zero attached hydrogens (tertiary/aromatic N) is 2. The summed E-state index contributed by atoms with van der Waals surface area (Å²) in [7, 11) is 0. The molecule has 4 rings (SSSR count). The highest BCUT2D eigenvalue weighted by molar-refractivity contribution is 7.20. The molecule has 2 aromatic carbocycles. The van der Waals surface area contributed by atoms with Crippen LogP contribution in [0.2, 0.25) is 0 Å². The van der Waals surface area contributed by atoms with Gasteiger partial charge in [0.2, 0.25) is 0 Å². The molecule has 0 radical (unpaired) electrons. The van der Waals surface area contributed by atoms with Gasteiger partial charge in [0.15, 0.2) is 10.0 Å². The third-order valence-corrected chi connectivity index (χ3v) is 5.82. The van der Waals surface area contributed by atoms with E-state index in [2.05, 4.69) is 41.6 Å². The lowest BCUT2D eigenvalue weighted by atomic mass is 10.1. The van der Waals surface area contributed by atoms with Gasteiger partial charge >= 0.3 is 0 Å². The molecule has 0 spiro atoms. The van der Waals surface area contributed by atoms with Gasteiger partial charge < -0.3 is 0 Å². The van der Waals surface area contributed by atoms with Crippen molar-refractivity contribution in [2.24, 2.45) is 0 Å². The average molecular weight is 366 g/mol. The van der Waals surface area contributed by atoms with Crippen molar-refractivity contribution in [3.8, 4) is 32.5 Å². The summed E-state index contributed by atoms with van der Waals surface area (Å²) in [4.78, 5) is 9.39. The minimum absolute atomic E-state index is 0.238. The molecule has 0 atom stereocenters. The molecule has 0 aliphatic heterocycles. The van der Waals surface area contributed by atoms with Crippen LogP contribution in [0.4, 0.5) is 4.39 Å². The van der Waals surface area contributed by atoms with Crippen LogP contribution >= 0.6 is 22.7 Å². The summed E-state index contributed by atoms with van der Waals surface area (Å²) >= 11 is 3.15. The number of halogens is 1. The van der Waals surface area contributed by atoms with Gasteiger partial charge in [-0.1, -0.05) is 31.2 Å². The maximum Gasteiger partial charge on any atom is 0.152 e. The summed E-state index contributed by atoms with van der Waals surface area (Å²) in [6, 6.07) is 14.9. The van der Waals surface area contributed by atoms with Crippen molar-refractivity contribution < 1.29 is 4.39 Å². The molecule has 2 nitrogen and oxygen atoms in total. The van der Waals surface area contributed by atoms with Crippen LogP contribution in [-0.4, -0.2) is 9.97 Å². The zero-order chi connectivity index (χ0) is 17.2. The zero-order valence-electron chi connectivity index (χ0n) is 13.6. The molecule has 0 aliphatic rings. The van der Waals surface area contributed by atoms with Crippen molar-refractivity contribution in [3.05, 3.63) is 70.7 Å². The van der Waals surface area contributed by atoms with Gasteiger partial charge in [0.05, 0.1) is 11.4 Å². The Morgan fingerprint density at radius 3 is 1.72 bits per heavy atom. The number of aryl methyl sites for hydroxylation is 1. The van der Waals surface area contributed by atoms with Crippen molar-refractivity contribution in [2.45, 2.75) is 13.3 Å². The van der Waals surface area contributed by atoms with Crippen molar-refractivity contribution in [2.75, 3.05) is 0 Å². The molecule has 0 fully saturated rings. The quantitative estimate of drug-likeness (QED) is 0.423. The highest BCUT2D eigenvalue weighted by atomic mass is 32.1. The first-order valence-electron chi connectivity index (χ1n) is 7.99. The van der Waals surface area contributed by atoms with Crippen LogP contribution in [0.15, 0.2) is 59.3 Å². The Hall–Kier alpha value is -2.37. The highest BCUT2D eigenvalue weighted by Crippen LogP contribution is 2.33. The molecular formula is C20H15FN2S2. The molecule has 2 aromatic heterocycles. The second kappa shape index (κ2) is 6.86. The van der Waals surface area contributed by atoms with E-state index >= 15 is 0 Å². The van der Waals surface area contributed by atoms with Gasteiger partial charge in [0.25, 0.3) is 0 Å². The Morgan fingerprint density at radius 2 is 1.24 bits per heavy atom. The van der Waals surface area contributed by atoms with Crippen LogP contribution < -0.4 is 0 Å². The minimum Gasteiger partial charge on any atom is -0.233 e. The molecule has 4 aromatic rings. The lowest BCUT2D eigenvalue weighted by Crippen LogP contribution is -1.83. The van der Waals surface area contributed by atoms with Crippen LogP contribution in [-0.2, 0) is 6.42 Å². The van der Waals surface area contributed by atoms with E-state index in [4.69, 9.17) is 4.98 Å². The molecule has 124 valence electrons. The first kappa shape index (κ1) is 16.1. The van der Waals surface area contributed by atoms with Gasteiger partial charge in [-0.05, 0) is 36.2 Å². The number of hydrogen-bond donors (Lipinski definition) is 0. The smallest absolute Gasteiger partial charge is 0.152 e. The molecule has 0 amide bonds. The van der Waals surface area contributed by atoms with Crippen molar-refractivity contribution in [3.63, 3.8) is 0 Å². The number of aromatic nitrogens is 2. The van der Waals surface area contributed by atoms with Gasteiger partial charge in [0, 0.05) is 21.9 Å². The SMILES string of the molecule is CCc1ccc(-c2csc(-c3nc(-c4ccc(F)cc4)cs3)n2)cc1. The van der Waals surface area contributed by atoms with Gasteiger partial charge in [-0.25, -0.2) is 14.4 Å². The fraction of sp³-hybridized carbons (Fsp3) is 0.100. The summed E-state index contributed by atoms with van der Waals surface area (Å²) in [5.41, 5.74) is 5.18. The summed E-state index contributed by atoms with van der Waals surface area (Å²) in [5, 5.41) is 5.85. The van der Waals surface area contributed by atoms with Crippen LogP contribution in [0.1, 0.15) is 12.5 Å². The third kappa shape index (κ3) is 3.38. The standard InChI is InChI=1S/C20H15FN2S2/c1-2-13-3-5-14(6-4-13)17-11-24-19(22-17)20-23-18(12-25-20)15-7-9-16(21)10-8-15/h3-12H,2H2,1H3. The predicted octanol–water partition coefficient (Wildman–Crippen LogP) is 6.30. The van der Waals surface area contributed by atoms with E-state index in [1.54, 1.807) is 34.8 Å². The van der Waals surface area contributed by atoms with Gasteiger partial charge in [-0.15, -0.1) is 22.7 Å². The van der Waals surface area contributed by atoms with E-state index in [-0.39, 0.29) is 5.82 Å². The van der Waals surface area contributed by atoms with Gasteiger partial charge in [0.1, 0.15) is 5.82 Å². The first-order chi connectivity index (χ1) is 12.2. The van der Waals surface area contributed by atoms with Crippen LogP contribution in [0, 0.1) is 5.82 Å². The zero-order valence-corrected chi connectivity index (χ0v) is 15.2. The summed E-state index contributed by atoms with van der Waals surface area (Å²) in [5.74, 6) is -0.238. The second-order valence-corrected chi connectivity index (χ2v) is 7.35. The van der Waals surface area contributed by atoms with E-state index in [1.807, 2.05) is 5.38 Å². The highest BCUT2D eigenvalue weighted by Gasteiger charge is 2.11. The topological polar surface area (TPSA) is 25.8 Å². The molecule has 25 heavy (non-hydrogen) atoms. The van der Waals surface area contributed by atoms with E-state index in [1.165, 1.54) is 17.7 Å². The maximum atomic E-state index is 13.1. The maximum absolute atomic E-state index is 13.1. The minimum atomic E-state index is -0.238. The summed E-state index contributed by atoms with van der Waals surface area (Å²) < 4.78 is 13.1. The van der Waals surface area contributed by atoms with Crippen molar-refractivity contribution in [1.82, 2.24) is 9.97 Å². The fourth-order valence-corrected chi connectivity index (χ4v) is 4.25. The molecule has 0 bridgehead atoms. The van der Waals surface area contributed by atoms with E-state index in [0.29, 0.717) is 0 Å². The third-order valence-electron chi connectivity index (χ3n) is 3.99. The van der Waals surface area contributed by atoms with Crippen LogP contribution in [0.3, 0.4) is 0 Å². The lowest BCUT2D eigenvalue weighted by molar-refractivity contribution is 0.628. The fourth-order valence-electron chi connectivity index (χ4n) is 2.54. The van der Waals surface area contributed by atoms with Gasteiger partial charge in [-0.3, -0.25) is 0 Å². The normalized spacial score (nSPS) is 11.0. The Bertz CT molecular complexity index is 985. The number of hydrogen-bond acceptors (Lipinski definition) is 4. The van der Waals surface area contributed by atoms with Crippen molar-refractivity contribution in [1.29, 1.82) is 0 Å². The molecule has 0 saturated carbocycles. The molecule has 0 aliphatic carbocycles. The van der Waals surface area contributed by atoms with E-state index < -0.39 is 0 Å². The number of rotatable bonds is 4. The lowest BCUT2D eigenvalue weighted by Gasteiger charge is -1.99. The Labute approximate surface area is 153 Å². The summed E-state index contributed by atoms with van der Waals surface area (Å²) in [6.07, 6.45) is 1.04. The van der Waals surface area contributed by atoms with Crippen molar-refractivity contribution >= 4 is 22.7 Å². The molecular weight excluding hydrogens is 351 g/mol. The molecule has 0 saturated heterocycles. The predicted molar refractivity (Wildman–Crippen MR) is 103 cm³/mol. The Balaban J connectivity index is 1.60. The Morgan fingerprint density at radius 1 is 0.760 bits per heavy atom. The Kier molecular flexibility index (Phi) is 4.42. The molecule has 5 heteroatoms. The molecule has 0 N–H and O–H groups in total. The average Bonchev–Trinajstić information content (AvgIpc) is 3.32.